The van der Waals surface area contributed by atoms with E-state index in [4.69, 9.17) is 27.7 Å². The van der Waals surface area contributed by atoms with Crippen molar-refractivity contribution in [1.29, 1.82) is 0 Å². The van der Waals surface area contributed by atoms with Crippen LogP contribution in [0.25, 0.3) is 11.4 Å². The maximum atomic E-state index is 13.0. The van der Waals surface area contributed by atoms with Gasteiger partial charge in [-0.05, 0) is 48.4 Å². The molecule has 0 amide bonds. The van der Waals surface area contributed by atoms with Crippen molar-refractivity contribution in [1.82, 2.24) is 15.1 Å². The van der Waals surface area contributed by atoms with Gasteiger partial charge in [-0.1, -0.05) is 46.6 Å². The molecule has 158 valence electrons. The molecule has 4 aromatic rings. The van der Waals surface area contributed by atoms with Crippen LogP contribution in [0.4, 0.5) is 5.69 Å². The zero-order valence-electron chi connectivity index (χ0n) is 16.2. The summed E-state index contributed by atoms with van der Waals surface area (Å²) in [6, 6.07) is 13.4. The van der Waals surface area contributed by atoms with Crippen molar-refractivity contribution in [2.24, 2.45) is 0 Å². The summed E-state index contributed by atoms with van der Waals surface area (Å²) in [5, 5.41) is 4.42. The van der Waals surface area contributed by atoms with E-state index in [2.05, 4.69) is 19.8 Å². The molecule has 0 aliphatic carbocycles. The van der Waals surface area contributed by atoms with Crippen LogP contribution in [0.15, 0.2) is 70.3 Å². The Bertz CT molecular complexity index is 1340. The van der Waals surface area contributed by atoms with E-state index in [0.29, 0.717) is 33.6 Å². The van der Waals surface area contributed by atoms with E-state index in [1.54, 1.807) is 55.7 Å². The SMILES string of the molecule is Cc1cc(S(=O)(=O)Nc2ccccc2Cc2nc(-c3ccncc3)no2)c(Cl)cc1Cl. The molecule has 0 aliphatic rings. The largest absolute Gasteiger partial charge is 0.339 e. The van der Waals surface area contributed by atoms with Crippen LogP contribution in [0.2, 0.25) is 10.0 Å². The van der Waals surface area contributed by atoms with Crippen molar-refractivity contribution in [3.63, 3.8) is 0 Å². The van der Waals surface area contributed by atoms with E-state index in [1.165, 1.54) is 12.1 Å². The third-order valence-electron chi connectivity index (χ3n) is 4.51. The maximum absolute atomic E-state index is 13.0. The standard InChI is InChI=1S/C21H16Cl2N4O3S/c1-13-10-19(17(23)12-16(13)22)31(28,29)27-18-5-3-2-4-15(18)11-20-25-21(26-30-20)14-6-8-24-9-7-14/h2-10,12,27H,11H2,1H3. The van der Waals surface area contributed by atoms with E-state index >= 15 is 0 Å². The number of rotatable bonds is 6. The van der Waals surface area contributed by atoms with Gasteiger partial charge < -0.3 is 4.52 Å². The molecule has 0 saturated carbocycles. The monoisotopic (exact) mass is 474 g/mol. The fourth-order valence-corrected chi connectivity index (χ4v) is 4.85. The number of nitrogens with one attached hydrogen (secondary N) is 1. The third kappa shape index (κ3) is 4.71. The van der Waals surface area contributed by atoms with Gasteiger partial charge in [-0.25, -0.2) is 8.42 Å². The van der Waals surface area contributed by atoms with Gasteiger partial charge in [-0.15, -0.1) is 0 Å². The van der Waals surface area contributed by atoms with Gasteiger partial charge in [0.1, 0.15) is 4.90 Å². The van der Waals surface area contributed by atoms with Crippen molar-refractivity contribution < 1.29 is 12.9 Å². The van der Waals surface area contributed by atoms with Gasteiger partial charge in [0.15, 0.2) is 0 Å². The van der Waals surface area contributed by atoms with Crippen molar-refractivity contribution in [3.8, 4) is 11.4 Å². The van der Waals surface area contributed by atoms with E-state index in [1.807, 2.05) is 0 Å². The molecule has 0 fully saturated rings. The fourth-order valence-electron chi connectivity index (χ4n) is 2.92. The number of nitrogens with zero attached hydrogens (tertiary/aromatic N) is 3. The Labute approximate surface area is 189 Å². The highest BCUT2D eigenvalue weighted by Gasteiger charge is 2.21. The number of aryl methyl sites for hydroxylation is 1. The first-order valence-corrected chi connectivity index (χ1v) is 11.4. The first kappa shape index (κ1) is 21.3. The van der Waals surface area contributed by atoms with Gasteiger partial charge in [0.05, 0.1) is 17.1 Å². The quantitative estimate of drug-likeness (QED) is 0.415. The van der Waals surface area contributed by atoms with Crippen LogP contribution in [0.3, 0.4) is 0 Å². The Morgan fingerprint density at radius 2 is 1.77 bits per heavy atom. The summed E-state index contributed by atoms with van der Waals surface area (Å²) in [6.45, 7) is 1.71. The van der Waals surface area contributed by atoms with E-state index in [9.17, 15) is 8.42 Å². The molecule has 31 heavy (non-hydrogen) atoms. The summed E-state index contributed by atoms with van der Waals surface area (Å²) in [6.07, 6.45) is 3.52. The Balaban J connectivity index is 1.61. The number of hydrogen-bond donors (Lipinski definition) is 1. The zero-order chi connectivity index (χ0) is 22.0. The summed E-state index contributed by atoms with van der Waals surface area (Å²) in [7, 11) is -3.95. The van der Waals surface area contributed by atoms with Gasteiger partial charge in [-0.2, -0.15) is 4.98 Å². The van der Waals surface area contributed by atoms with Crippen LogP contribution in [0.5, 0.6) is 0 Å². The van der Waals surface area contributed by atoms with E-state index in [0.717, 1.165) is 5.56 Å². The minimum atomic E-state index is -3.95. The number of halogens is 2. The lowest BCUT2D eigenvalue weighted by atomic mass is 10.1. The molecule has 0 aliphatic heterocycles. The summed E-state index contributed by atoms with van der Waals surface area (Å²) in [4.78, 5) is 8.30. The molecule has 2 heterocycles. The maximum Gasteiger partial charge on any atom is 0.263 e. The minimum absolute atomic E-state index is 0.0412. The first-order valence-electron chi connectivity index (χ1n) is 9.13. The molecule has 0 unspecified atom stereocenters. The number of pyridine rings is 1. The van der Waals surface area contributed by atoms with Crippen LogP contribution in [-0.2, 0) is 16.4 Å². The lowest BCUT2D eigenvalue weighted by molar-refractivity contribution is 0.386. The number of sulfonamides is 1. The molecule has 2 aromatic carbocycles. The highest BCUT2D eigenvalue weighted by atomic mass is 35.5. The molecule has 0 spiro atoms. The number of anilines is 1. The molecular weight excluding hydrogens is 459 g/mol. The second kappa shape index (κ2) is 8.66. The minimum Gasteiger partial charge on any atom is -0.339 e. The summed E-state index contributed by atoms with van der Waals surface area (Å²) >= 11 is 12.2. The number of aromatic nitrogens is 3. The Morgan fingerprint density at radius 1 is 1.03 bits per heavy atom. The molecule has 2 aromatic heterocycles. The van der Waals surface area contributed by atoms with Gasteiger partial charge in [0.2, 0.25) is 11.7 Å². The van der Waals surface area contributed by atoms with Crippen molar-refractivity contribution in [2.75, 3.05) is 4.72 Å². The van der Waals surface area contributed by atoms with E-state index < -0.39 is 10.0 Å². The third-order valence-corrected chi connectivity index (χ3v) is 6.75. The van der Waals surface area contributed by atoms with Crippen molar-refractivity contribution >= 4 is 38.9 Å². The number of benzene rings is 2. The Kier molecular flexibility index (Phi) is 5.95. The average Bonchev–Trinajstić information content (AvgIpc) is 3.21. The van der Waals surface area contributed by atoms with Crippen LogP contribution in [0.1, 0.15) is 17.0 Å². The molecule has 0 atom stereocenters. The summed E-state index contributed by atoms with van der Waals surface area (Å²) < 4.78 is 33.9. The molecule has 10 heteroatoms. The number of hydrogen-bond acceptors (Lipinski definition) is 6. The smallest absolute Gasteiger partial charge is 0.263 e. The molecule has 4 rings (SSSR count). The molecule has 0 radical (unpaired) electrons. The highest BCUT2D eigenvalue weighted by molar-refractivity contribution is 7.92. The van der Waals surface area contributed by atoms with Crippen molar-refractivity contribution in [3.05, 3.63) is 88.0 Å². The van der Waals surface area contributed by atoms with Crippen molar-refractivity contribution in [2.45, 2.75) is 18.2 Å². The predicted octanol–water partition coefficient (Wildman–Crippen LogP) is 5.14. The average molecular weight is 475 g/mol. The fraction of sp³-hybridized carbons (Fsp3) is 0.0952. The molecule has 0 bridgehead atoms. The Morgan fingerprint density at radius 3 is 2.55 bits per heavy atom. The predicted molar refractivity (Wildman–Crippen MR) is 119 cm³/mol. The molecule has 0 saturated heterocycles. The first-order chi connectivity index (χ1) is 14.8. The van der Waals surface area contributed by atoms with E-state index in [-0.39, 0.29) is 16.3 Å². The number of para-hydroxylation sites is 1. The topological polar surface area (TPSA) is 98.0 Å². The molecule has 7 nitrogen and oxygen atoms in total. The zero-order valence-corrected chi connectivity index (χ0v) is 18.5. The lowest BCUT2D eigenvalue weighted by Crippen LogP contribution is -2.15. The normalized spacial score (nSPS) is 11.5. The van der Waals surface area contributed by atoms with Crippen LogP contribution in [-0.4, -0.2) is 23.5 Å². The van der Waals surface area contributed by atoms with Gasteiger partial charge in [-0.3, -0.25) is 9.71 Å². The second-order valence-electron chi connectivity index (χ2n) is 6.72. The molecule has 1 N–H and O–H groups in total. The summed E-state index contributed by atoms with van der Waals surface area (Å²) in [5.41, 5.74) is 2.42. The molecular formula is C21H16Cl2N4O3S. The highest BCUT2D eigenvalue weighted by Crippen LogP contribution is 2.30. The van der Waals surface area contributed by atoms with Gasteiger partial charge in [0, 0.05) is 23.0 Å². The summed E-state index contributed by atoms with van der Waals surface area (Å²) in [5.74, 6) is 0.776. The second-order valence-corrected chi connectivity index (χ2v) is 9.18. The van der Waals surface area contributed by atoms with Crippen LogP contribution in [0, 0.1) is 6.92 Å². The Hall–Kier alpha value is -2.94. The van der Waals surface area contributed by atoms with Gasteiger partial charge in [0.25, 0.3) is 10.0 Å². The van der Waals surface area contributed by atoms with Gasteiger partial charge >= 0.3 is 0 Å². The van der Waals surface area contributed by atoms with Crippen LogP contribution >= 0.6 is 23.2 Å². The van der Waals surface area contributed by atoms with Crippen LogP contribution < -0.4 is 4.72 Å². The lowest BCUT2D eigenvalue weighted by Gasteiger charge is -2.13.